The van der Waals surface area contributed by atoms with Gasteiger partial charge in [-0.15, -0.1) is 0 Å². The van der Waals surface area contributed by atoms with E-state index in [9.17, 15) is 9.59 Å². The topological polar surface area (TPSA) is 34.1 Å². The van der Waals surface area contributed by atoms with Crippen LogP contribution >= 0.6 is 0 Å². The zero-order valence-electron chi connectivity index (χ0n) is 9.06. The Morgan fingerprint density at radius 3 is 1.94 bits per heavy atom. The number of rotatable bonds is 1. The maximum absolute atomic E-state index is 11.8. The molecule has 0 spiro atoms. The molecule has 2 nitrogen and oxygen atoms in total. The lowest BCUT2D eigenvalue weighted by Gasteiger charge is -2.01. The standard InChI is InChI=1S/C14H14O2/c15-10-7-4-8-11(16)14-12(13(10)14)9-5-2-1-3-6-9/h1-3,5-6,12-14H,4,7-8H2/t12?,13-,14+. The van der Waals surface area contributed by atoms with Gasteiger partial charge in [0.05, 0.1) is 0 Å². The third-order valence-corrected chi connectivity index (χ3v) is 3.79. The summed E-state index contributed by atoms with van der Waals surface area (Å²) in [5.41, 5.74) is 1.15. The van der Waals surface area contributed by atoms with Crippen LogP contribution in [0.3, 0.4) is 0 Å². The van der Waals surface area contributed by atoms with Crippen LogP contribution in [0.25, 0.3) is 0 Å². The number of Topliss-reactive ketones (excluding diaryl/α,β-unsaturated/α-hetero) is 2. The van der Waals surface area contributed by atoms with Crippen LogP contribution in [0.1, 0.15) is 30.7 Å². The van der Waals surface area contributed by atoms with Gasteiger partial charge in [-0.05, 0) is 12.0 Å². The molecule has 0 aliphatic heterocycles. The Morgan fingerprint density at radius 2 is 1.38 bits per heavy atom. The zero-order valence-corrected chi connectivity index (χ0v) is 9.06. The van der Waals surface area contributed by atoms with E-state index in [1.807, 2.05) is 30.3 Å². The molecule has 0 saturated heterocycles. The Hall–Kier alpha value is -1.44. The Labute approximate surface area is 94.7 Å². The van der Waals surface area contributed by atoms with Crippen molar-refractivity contribution >= 4 is 11.6 Å². The summed E-state index contributed by atoms with van der Waals surface area (Å²) < 4.78 is 0. The molecule has 0 radical (unpaired) electrons. The molecule has 1 aromatic carbocycles. The first-order chi connectivity index (χ1) is 7.79. The molecule has 3 rings (SSSR count). The lowest BCUT2D eigenvalue weighted by Crippen LogP contribution is -2.01. The summed E-state index contributed by atoms with van der Waals surface area (Å²) in [4.78, 5) is 23.7. The highest BCUT2D eigenvalue weighted by molar-refractivity contribution is 5.98. The van der Waals surface area contributed by atoms with Crippen molar-refractivity contribution < 1.29 is 9.59 Å². The molecule has 1 unspecified atom stereocenters. The number of hydrogen-bond acceptors (Lipinski definition) is 2. The Kier molecular flexibility index (Phi) is 2.16. The van der Waals surface area contributed by atoms with Gasteiger partial charge in [0.15, 0.2) is 0 Å². The first kappa shape index (κ1) is 9.76. The van der Waals surface area contributed by atoms with Crippen molar-refractivity contribution in [3.05, 3.63) is 35.9 Å². The van der Waals surface area contributed by atoms with Gasteiger partial charge in [-0.3, -0.25) is 9.59 Å². The molecule has 2 aliphatic carbocycles. The maximum atomic E-state index is 11.8. The number of benzene rings is 1. The van der Waals surface area contributed by atoms with Crippen LogP contribution < -0.4 is 0 Å². The minimum atomic E-state index is -0.00241. The van der Waals surface area contributed by atoms with Crippen LogP contribution in [0.15, 0.2) is 30.3 Å². The molecule has 0 bridgehead atoms. The lowest BCUT2D eigenvalue weighted by molar-refractivity contribution is -0.122. The number of fused-ring (bicyclic) bond motifs is 1. The summed E-state index contributed by atoms with van der Waals surface area (Å²) in [6.07, 6.45) is 1.94. The van der Waals surface area contributed by atoms with Gasteiger partial charge in [-0.2, -0.15) is 0 Å². The fourth-order valence-corrected chi connectivity index (χ4v) is 2.97. The monoisotopic (exact) mass is 214 g/mol. The second kappa shape index (κ2) is 3.55. The summed E-state index contributed by atoms with van der Waals surface area (Å²) in [6.45, 7) is 0. The van der Waals surface area contributed by atoms with E-state index in [-0.39, 0.29) is 17.8 Å². The molecule has 0 N–H and O–H groups in total. The summed E-state index contributed by atoms with van der Waals surface area (Å²) >= 11 is 0. The summed E-state index contributed by atoms with van der Waals surface area (Å²) in [7, 11) is 0. The van der Waals surface area contributed by atoms with Gasteiger partial charge >= 0.3 is 0 Å². The van der Waals surface area contributed by atoms with Crippen molar-refractivity contribution in [3.63, 3.8) is 0 Å². The molecule has 2 heteroatoms. The molecule has 0 aromatic heterocycles. The summed E-state index contributed by atoms with van der Waals surface area (Å²) in [5, 5.41) is 0. The average Bonchev–Trinajstić information content (AvgIpc) is 3.05. The third-order valence-electron chi connectivity index (χ3n) is 3.79. The van der Waals surface area contributed by atoms with Crippen molar-refractivity contribution in [2.24, 2.45) is 11.8 Å². The summed E-state index contributed by atoms with van der Waals surface area (Å²) in [6, 6.07) is 9.97. The van der Waals surface area contributed by atoms with Crippen LogP contribution in [-0.4, -0.2) is 11.6 Å². The number of hydrogen-bond donors (Lipinski definition) is 0. The van der Waals surface area contributed by atoms with Gasteiger partial charge in [0.2, 0.25) is 0 Å². The molecule has 2 fully saturated rings. The van der Waals surface area contributed by atoms with Crippen molar-refractivity contribution in [1.82, 2.24) is 0 Å². The highest BCUT2D eigenvalue weighted by atomic mass is 16.1. The predicted octanol–water partition coefficient (Wildman–Crippen LogP) is 2.34. The van der Waals surface area contributed by atoms with Gasteiger partial charge < -0.3 is 0 Å². The molecular weight excluding hydrogens is 200 g/mol. The molecule has 0 heterocycles. The van der Waals surface area contributed by atoms with E-state index in [0.717, 1.165) is 12.0 Å². The molecule has 2 saturated carbocycles. The molecule has 82 valence electrons. The van der Waals surface area contributed by atoms with Crippen molar-refractivity contribution in [2.75, 3.05) is 0 Å². The number of carbonyl (C=O) groups is 2. The second-order valence-corrected chi connectivity index (χ2v) is 4.77. The van der Waals surface area contributed by atoms with E-state index in [4.69, 9.17) is 0 Å². The van der Waals surface area contributed by atoms with Gasteiger partial charge in [0.25, 0.3) is 0 Å². The smallest absolute Gasteiger partial charge is 0.137 e. The highest BCUT2D eigenvalue weighted by Gasteiger charge is 2.58. The van der Waals surface area contributed by atoms with Gasteiger partial charge in [0.1, 0.15) is 11.6 Å². The quantitative estimate of drug-likeness (QED) is 0.719. The van der Waals surface area contributed by atoms with Crippen LogP contribution in [-0.2, 0) is 9.59 Å². The van der Waals surface area contributed by atoms with E-state index in [2.05, 4.69) is 0 Å². The molecule has 3 atom stereocenters. The molecule has 2 aliphatic rings. The van der Waals surface area contributed by atoms with Crippen molar-refractivity contribution in [2.45, 2.75) is 25.2 Å². The summed E-state index contributed by atoms with van der Waals surface area (Å²) in [5.74, 6) is 0.769. The highest BCUT2D eigenvalue weighted by Crippen LogP contribution is 2.57. The van der Waals surface area contributed by atoms with Crippen LogP contribution in [0, 0.1) is 11.8 Å². The van der Waals surface area contributed by atoms with Gasteiger partial charge in [0, 0.05) is 30.6 Å². The minimum absolute atomic E-state index is 0.00241. The lowest BCUT2D eigenvalue weighted by atomic mass is 10.0. The number of ketones is 2. The molecule has 16 heavy (non-hydrogen) atoms. The predicted molar refractivity (Wildman–Crippen MR) is 60.0 cm³/mol. The normalized spacial score (nSPS) is 33.1. The molecule has 1 aromatic rings. The average molecular weight is 214 g/mol. The van der Waals surface area contributed by atoms with Gasteiger partial charge in [-0.1, -0.05) is 30.3 Å². The molecular formula is C14H14O2. The van der Waals surface area contributed by atoms with Crippen molar-refractivity contribution in [3.8, 4) is 0 Å². The fourth-order valence-electron chi connectivity index (χ4n) is 2.97. The second-order valence-electron chi connectivity index (χ2n) is 4.77. The van der Waals surface area contributed by atoms with E-state index in [1.54, 1.807) is 0 Å². The zero-order chi connectivity index (χ0) is 11.1. The van der Waals surface area contributed by atoms with E-state index in [1.165, 1.54) is 0 Å². The minimum Gasteiger partial charge on any atom is -0.299 e. The first-order valence-corrected chi connectivity index (χ1v) is 5.89. The van der Waals surface area contributed by atoms with Gasteiger partial charge in [-0.25, -0.2) is 0 Å². The first-order valence-electron chi connectivity index (χ1n) is 5.89. The maximum Gasteiger partial charge on any atom is 0.137 e. The van der Waals surface area contributed by atoms with Crippen molar-refractivity contribution in [1.29, 1.82) is 0 Å². The van der Waals surface area contributed by atoms with E-state index < -0.39 is 0 Å². The number of carbonyl (C=O) groups excluding carboxylic acids is 2. The van der Waals surface area contributed by atoms with Crippen LogP contribution in [0.5, 0.6) is 0 Å². The Balaban J connectivity index is 1.90. The largest absolute Gasteiger partial charge is 0.299 e. The van der Waals surface area contributed by atoms with Crippen LogP contribution in [0.2, 0.25) is 0 Å². The Morgan fingerprint density at radius 1 is 0.812 bits per heavy atom. The Bertz CT molecular complexity index is 413. The van der Waals surface area contributed by atoms with E-state index >= 15 is 0 Å². The van der Waals surface area contributed by atoms with Crippen LogP contribution in [0.4, 0.5) is 0 Å². The molecule has 0 amide bonds. The fraction of sp³-hybridized carbons (Fsp3) is 0.429. The third kappa shape index (κ3) is 1.41. The SMILES string of the molecule is O=C1CCCC(=O)[C@H]2C(c3ccccc3)[C@@H]12. The van der Waals surface area contributed by atoms with E-state index in [0.29, 0.717) is 24.4 Å².